The van der Waals surface area contributed by atoms with Gasteiger partial charge in [0.25, 0.3) is 0 Å². The average Bonchev–Trinajstić information content (AvgIpc) is 1.91. The van der Waals surface area contributed by atoms with Gasteiger partial charge in [-0.05, 0) is 33.6 Å². The van der Waals surface area contributed by atoms with Crippen molar-refractivity contribution >= 4 is 6.09 Å². The Bertz CT molecular complexity index is 259. The zero-order valence-electron chi connectivity index (χ0n) is 8.96. The molecule has 1 aliphatic rings. The Labute approximate surface area is 86.7 Å². The molecule has 1 amide bonds. The van der Waals surface area contributed by atoms with Crippen molar-refractivity contribution in [3.63, 3.8) is 0 Å². The summed E-state index contributed by atoms with van der Waals surface area (Å²) in [5, 5.41) is 2.78. The van der Waals surface area contributed by atoms with E-state index < -0.39 is 5.60 Å². The van der Waals surface area contributed by atoms with E-state index in [1.807, 2.05) is 20.8 Å². The molecule has 0 heterocycles. The third-order valence-electron chi connectivity index (χ3n) is 2.09. The zero-order valence-corrected chi connectivity index (χ0v) is 8.96. The molecule has 14 heavy (non-hydrogen) atoms. The summed E-state index contributed by atoms with van der Waals surface area (Å²) < 4.78 is 5.11. The largest absolute Gasteiger partial charge is 0.444 e. The first-order valence-electron chi connectivity index (χ1n) is 4.86. The van der Waals surface area contributed by atoms with Crippen molar-refractivity contribution in [2.24, 2.45) is 5.92 Å². The molecule has 0 aromatic carbocycles. The highest BCUT2D eigenvalue weighted by Crippen LogP contribution is 2.26. The number of hydrogen-bond donors (Lipinski definition) is 1. The van der Waals surface area contributed by atoms with Crippen LogP contribution in [0, 0.1) is 18.3 Å². The van der Waals surface area contributed by atoms with Crippen LogP contribution in [-0.4, -0.2) is 17.7 Å². The van der Waals surface area contributed by atoms with Gasteiger partial charge in [0.1, 0.15) is 5.60 Å². The Balaban J connectivity index is 0.00000196. The molecule has 1 saturated carbocycles. The number of nitrogens with one attached hydrogen (secondary N) is 1. The van der Waals surface area contributed by atoms with Crippen LogP contribution in [0.2, 0.25) is 0 Å². The normalized spacial score (nSPS) is 25.9. The van der Waals surface area contributed by atoms with Crippen molar-refractivity contribution in [3.8, 4) is 12.3 Å². The van der Waals surface area contributed by atoms with E-state index in [-0.39, 0.29) is 13.6 Å². The molecule has 1 rings (SSSR count). The van der Waals surface area contributed by atoms with E-state index in [9.17, 15) is 4.79 Å². The van der Waals surface area contributed by atoms with E-state index in [0.29, 0.717) is 5.92 Å². The van der Waals surface area contributed by atoms with Gasteiger partial charge in [-0.15, -0.1) is 12.3 Å². The predicted octanol–water partition coefficient (Wildman–Crippen LogP) is 2.17. The zero-order chi connectivity index (χ0) is 10.8. The summed E-state index contributed by atoms with van der Waals surface area (Å²) in [4.78, 5) is 11.3. The van der Waals surface area contributed by atoms with Crippen molar-refractivity contribution in [3.05, 3.63) is 0 Å². The van der Waals surface area contributed by atoms with Crippen molar-refractivity contribution in [1.29, 1.82) is 0 Å². The molecule has 3 heteroatoms. The second-order valence-electron chi connectivity index (χ2n) is 4.68. The van der Waals surface area contributed by atoms with E-state index in [0.717, 1.165) is 12.8 Å². The average molecular weight is 197 g/mol. The minimum atomic E-state index is -0.431. The number of terminal acetylenes is 1. The summed E-state index contributed by atoms with van der Waals surface area (Å²) >= 11 is 0. The van der Waals surface area contributed by atoms with Crippen molar-refractivity contribution in [1.82, 2.24) is 5.32 Å². The first-order valence-corrected chi connectivity index (χ1v) is 4.86. The maximum atomic E-state index is 11.3. The molecular weight excluding hydrogens is 178 g/mol. The van der Waals surface area contributed by atoms with Crippen LogP contribution in [0.3, 0.4) is 0 Å². The first-order chi connectivity index (χ1) is 6.40. The molecule has 0 aromatic heterocycles. The number of alkyl carbamates (subject to hydrolysis) is 1. The van der Waals surface area contributed by atoms with Gasteiger partial charge in [0, 0.05) is 13.4 Å². The van der Waals surface area contributed by atoms with Crippen LogP contribution in [0.4, 0.5) is 4.79 Å². The molecule has 0 radical (unpaired) electrons. The van der Waals surface area contributed by atoms with Gasteiger partial charge < -0.3 is 10.1 Å². The number of carbonyl (C=O) groups is 1. The lowest BCUT2D eigenvalue weighted by atomic mass is 9.81. The number of ether oxygens (including phenoxy) is 1. The van der Waals surface area contributed by atoms with Crippen molar-refractivity contribution < 1.29 is 11.0 Å². The fourth-order valence-corrected chi connectivity index (χ4v) is 1.35. The molecule has 1 aliphatic carbocycles. The molecule has 0 unspecified atom stereocenters. The molecule has 80 valence electrons. The summed E-state index contributed by atoms with van der Waals surface area (Å²) in [5.41, 5.74) is -0.431. The first kappa shape index (κ1) is 10.9. The van der Waals surface area contributed by atoms with Crippen molar-refractivity contribution in [2.45, 2.75) is 45.3 Å². The molecular formula is C11H19NO2. The monoisotopic (exact) mass is 197 g/mol. The molecule has 0 aromatic rings. The van der Waals surface area contributed by atoms with Gasteiger partial charge >= 0.3 is 6.09 Å². The maximum absolute atomic E-state index is 11.3. The third kappa shape index (κ3) is 3.29. The highest BCUT2D eigenvalue weighted by molar-refractivity contribution is 5.68. The van der Waals surface area contributed by atoms with Gasteiger partial charge in [0.15, 0.2) is 0 Å². The molecule has 1 fully saturated rings. The molecule has 1 N–H and O–H groups in total. The number of carbonyl (C=O) groups excluding carboxylic acids is 1. The lowest BCUT2D eigenvalue weighted by Crippen LogP contribution is -2.45. The van der Waals surface area contributed by atoms with E-state index in [1.165, 1.54) is 0 Å². The van der Waals surface area contributed by atoms with Gasteiger partial charge in [-0.25, -0.2) is 4.79 Å². The summed E-state index contributed by atoms with van der Waals surface area (Å²) in [6.45, 7) is 5.53. The predicted molar refractivity (Wildman–Crippen MR) is 56.8 cm³/mol. The van der Waals surface area contributed by atoms with Crippen LogP contribution >= 0.6 is 0 Å². The molecule has 0 spiro atoms. The standard InChI is InChI=1S/C11H17NO2.H2/c1-5-8-6-9(7-8)12-10(13)14-11(2,3)4;/h1,8-9H,6-7H2,2-4H3,(H,12,13);1H. The molecule has 0 atom stereocenters. The molecule has 0 aliphatic heterocycles. The summed E-state index contributed by atoms with van der Waals surface area (Å²) in [5.74, 6) is 2.99. The Morgan fingerprint density at radius 3 is 2.57 bits per heavy atom. The van der Waals surface area contributed by atoms with Crippen molar-refractivity contribution in [2.75, 3.05) is 0 Å². The van der Waals surface area contributed by atoms with Crippen LogP contribution in [-0.2, 0) is 4.74 Å². The van der Waals surface area contributed by atoms with Gasteiger partial charge in [-0.3, -0.25) is 0 Å². The van der Waals surface area contributed by atoms with E-state index in [1.54, 1.807) is 0 Å². The SMILES string of the molecule is C#CC1CC(NC(=O)OC(C)(C)C)C1.[HH]. The van der Waals surface area contributed by atoms with Gasteiger partial charge in [0.2, 0.25) is 0 Å². The Morgan fingerprint density at radius 2 is 2.14 bits per heavy atom. The number of rotatable bonds is 1. The summed E-state index contributed by atoms with van der Waals surface area (Å²) in [6, 6.07) is 0.200. The van der Waals surface area contributed by atoms with E-state index >= 15 is 0 Å². The molecule has 0 saturated heterocycles. The Hall–Kier alpha value is -1.17. The summed E-state index contributed by atoms with van der Waals surface area (Å²) in [7, 11) is 0. The second kappa shape index (κ2) is 3.91. The van der Waals surface area contributed by atoms with Gasteiger partial charge in [0.05, 0.1) is 0 Å². The lowest BCUT2D eigenvalue weighted by molar-refractivity contribution is 0.0467. The highest BCUT2D eigenvalue weighted by Gasteiger charge is 2.30. The second-order valence-corrected chi connectivity index (χ2v) is 4.68. The minimum Gasteiger partial charge on any atom is -0.444 e. The van der Waals surface area contributed by atoms with Crippen LogP contribution in [0.1, 0.15) is 35.0 Å². The number of hydrogen-bond acceptors (Lipinski definition) is 2. The van der Waals surface area contributed by atoms with E-state index in [4.69, 9.17) is 11.2 Å². The Morgan fingerprint density at radius 1 is 1.57 bits per heavy atom. The van der Waals surface area contributed by atoms with Crippen LogP contribution in [0.25, 0.3) is 0 Å². The van der Waals surface area contributed by atoms with Crippen LogP contribution in [0.5, 0.6) is 0 Å². The topological polar surface area (TPSA) is 38.3 Å². The number of amides is 1. The lowest BCUT2D eigenvalue weighted by Gasteiger charge is -2.33. The highest BCUT2D eigenvalue weighted by atomic mass is 16.6. The third-order valence-corrected chi connectivity index (χ3v) is 2.09. The van der Waals surface area contributed by atoms with Gasteiger partial charge in [-0.1, -0.05) is 0 Å². The quantitative estimate of drug-likeness (QED) is 0.654. The van der Waals surface area contributed by atoms with Gasteiger partial charge in [-0.2, -0.15) is 0 Å². The minimum absolute atomic E-state index is 0. The van der Waals surface area contributed by atoms with E-state index in [2.05, 4.69) is 11.2 Å². The smallest absolute Gasteiger partial charge is 0.407 e. The van der Waals surface area contributed by atoms with Crippen LogP contribution < -0.4 is 5.32 Å². The Kier molecular flexibility index (Phi) is 3.05. The molecule has 3 nitrogen and oxygen atoms in total. The van der Waals surface area contributed by atoms with Crippen LogP contribution in [0.15, 0.2) is 0 Å². The molecule has 0 bridgehead atoms. The fraction of sp³-hybridized carbons (Fsp3) is 0.727. The fourth-order valence-electron chi connectivity index (χ4n) is 1.35. The maximum Gasteiger partial charge on any atom is 0.407 e. The summed E-state index contributed by atoms with van der Waals surface area (Å²) in [6.07, 6.45) is 6.63.